The van der Waals surface area contributed by atoms with Gasteiger partial charge in [0.1, 0.15) is 0 Å². The van der Waals surface area contributed by atoms with Crippen molar-refractivity contribution in [2.24, 2.45) is 0 Å². The molecule has 0 rings (SSSR count). The molecule has 0 N–H and O–H groups in total. The van der Waals surface area contributed by atoms with Crippen LogP contribution in [0.5, 0.6) is 0 Å². The predicted octanol–water partition coefficient (Wildman–Crippen LogP) is 2.53. The molecule has 0 radical (unpaired) electrons. The minimum absolute atomic E-state index is 0. The fourth-order valence-electron chi connectivity index (χ4n) is 0. The van der Waals surface area contributed by atoms with Crippen LogP contribution in [-0.2, 0) is 36.1 Å². The van der Waals surface area contributed by atoms with Crippen molar-refractivity contribution in [2.75, 3.05) is 0 Å². The third-order valence-corrected chi connectivity index (χ3v) is 0. The summed E-state index contributed by atoms with van der Waals surface area (Å²) < 4.78 is 0. The topological polar surface area (TPSA) is 0 Å². The van der Waals surface area contributed by atoms with Gasteiger partial charge in [0, 0.05) is 27.7 Å². The zero-order valence-electron chi connectivity index (χ0n) is 2.19. The second-order valence-electron chi connectivity index (χ2n) is 0.152. The Morgan fingerprint density at radius 2 is 1.00 bits per heavy atom. The van der Waals surface area contributed by atoms with Crippen LogP contribution in [0.3, 0.4) is 0 Å². The van der Waals surface area contributed by atoms with Crippen LogP contribution in [0.15, 0.2) is 0 Å². The summed E-state index contributed by atoms with van der Waals surface area (Å²) in [5, 5.41) is 0. The van der Waals surface area contributed by atoms with E-state index in [4.69, 9.17) is 0 Å². The molecule has 0 aliphatic heterocycles. The molecule has 0 fully saturated rings. The number of hydrogen-bond acceptors (Lipinski definition) is 0. The molecule has 31 valence electrons. The first-order valence-electron chi connectivity index (χ1n) is 0.401. The van der Waals surface area contributed by atoms with Gasteiger partial charge in [-0.2, -0.15) is 0 Å². The van der Waals surface area contributed by atoms with Crippen LogP contribution in [0.1, 0.15) is 0 Å². The van der Waals surface area contributed by atoms with Gasteiger partial charge in [0.25, 0.3) is 0 Å². The van der Waals surface area contributed by atoms with Crippen molar-refractivity contribution in [3.05, 3.63) is 0 Å². The third kappa shape index (κ3) is 19.7. The maximum Gasteiger partial charge on any atom is 0 e. The van der Waals surface area contributed by atoms with Crippen molar-refractivity contribution in [3.63, 3.8) is 0 Å². The largest absolute Gasteiger partial charge is 0 e. The standard InChI is InChI=1S/3BrH.Fe.Hg/h3*1H;;/q;;;+3;/p-3. The molecule has 0 bridgehead atoms. The normalized spacial score (nSPS) is 9.00. The molecule has 0 heterocycles. The number of hydrogen-bond donors (Lipinski definition) is 0. The first-order valence-corrected chi connectivity index (χ1v) is 8.59. The van der Waals surface area contributed by atoms with Gasteiger partial charge in [0.15, 0.2) is 0 Å². The van der Waals surface area contributed by atoms with Gasteiger partial charge in [-0.25, -0.2) is 0 Å². The van der Waals surface area contributed by atoms with E-state index < -0.39 is 0 Å². The van der Waals surface area contributed by atoms with E-state index >= 15 is 0 Å². The monoisotopic (exact) mass is 495 g/mol. The van der Waals surface area contributed by atoms with Gasteiger partial charge in [-0.05, 0) is 0 Å². The molecular weight excluding hydrogens is 496 g/mol. The molecule has 0 unspecified atom stereocenters. The smallest absolute Gasteiger partial charge is 0 e. The molecule has 5 heteroatoms. The molecule has 0 saturated carbocycles. The van der Waals surface area contributed by atoms with Crippen LogP contribution in [0.25, 0.3) is 0 Å². The molecule has 0 atom stereocenters. The van der Waals surface area contributed by atoms with E-state index in [1.54, 1.807) is 0 Å². The molecule has 0 saturated heterocycles. The summed E-state index contributed by atoms with van der Waals surface area (Å²) in [6.07, 6.45) is 0. The van der Waals surface area contributed by atoms with Crippen LogP contribution < -0.4 is 0 Å². The number of rotatable bonds is 0. The maximum atomic E-state index is 3.19. The van der Waals surface area contributed by atoms with Crippen molar-refractivity contribution in [3.8, 4) is 0 Å². The third-order valence-electron chi connectivity index (χ3n) is 0. The fourth-order valence-corrected chi connectivity index (χ4v) is 0. The summed E-state index contributed by atoms with van der Waals surface area (Å²) in [5.74, 6) is 0. The Balaban J connectivity index is 0. The molecule has 0 spiro atoms. The zero-order valence-corrected chi connectivity index (χ0v) is 13.6. The summed E-state index contributed by atoms with van der Waals surface area (Å²) in [5.41, 5.74) is 0. The van der Waals surface area contributed by atoms with Crippen molar-refractivity contribution in [2.45, 2.75) is 0 Å². The molecular formula is Br3FeHg. The molecule has 0 aliphatic rings. The van der Waals surface area contributed by atoms with Crippen LogP contribution in [-0.4, -0.2) is 0 Å². The van der Waals surface area contributed by atoms with Crippen molar-refractivity contribution < 1.29 is 36.1 Å². The van der Waals surface area contributed by atoms with Crippen LogP contribution >= 0.6 is 42.3 Å². The van der Waals surface area contributed by atoms with Crippen LogP contribution in [0, 0.1) is 0 Å². The van der Waals surface area contributed by atoms with E-state index in [1.807, 2.05) is 0 Å². The average Bonchev–Trinajstić information content (AvgIpc) is 0.811. The van der Waals surface area contributed by atoms with E-state index in [0.29, 0.717) is 0 Å². The van der Waals surface area contributed by atoms with Gasteiger partial charge in [0.2, 0.25) is 0 Å². The summed E-state index contributed by atoms with van der Waals surface area (Å²) in [7, 11) is -0.312. The van der Waals surface area contributed by atoms with Crippen molar-refractivity contribution >= 4 is 42.3 Å². The first kappa shape index (κ1) is 10.8. The Labute approximate surface area is 76.9 Å². The van der Waals surface area contributed by atoms with Crippen molar-refractivity contribution in [1.82, 2.24) is 0 Å². The fraction of sp³-hybridized carbons (Fsp3) is 0. The molecule has 0 aromatic heterocycles. The number of halogens is 3. The van der Waals surface area contributed by atoms with Gasteiger partial charge in [0.05, 0.1) is 0 Å². The first-order chi connectivity index (χ1) is 1.73. The van der Waals surface area contributed by atoms with E-state index in [-0.39, 0.29) is 36.1 Å². The van der Waals surface area contributed by atoms with Gasteiger partial charge in [-0.1, -0.05) is 0 Å². The van der Waals surface area contributed by atoms with Crippen molar-refractivity contribution in [1.29, 1.82) is 0 Å². The molecule has 0 aliphatic carbocycles. The Bertz CT molecular complexity index is 11.6. The molecule has 0 aromatic carbocycles. The van der Waals surface area contributed by atoms with E-state index in [9.17, 15) is 0 Å². The van der Waals surface area contributed by atoms with E-state index in [2.05, 4.69) is 42.3 Å². The summed E-state index contributed by atoms with van der Waals surface area (Å²) in [6.45, 7) is 0. The maximum absolute atomic E-state index is 3.19. The Morgan fingerprint density at radius 3 is 1.00 bits per heavy atom. The molecule has 0 nitrogen and oxygen atoms in total. The summed E-state index contributed by atoms with van der Waals surface area (Å²) >= 11 is 9.56. The quantitative estimate of drug-likeness (QED) is 0.453. The van der Waals surface area contributed by atoms with Crippen LogP contribution in [0.2, 0.25) is 0 Å². The second kappa shape index (κ2) is 6.89. The Kier molecular flexibility index (Phi) is 14.9. The van der Waals surface area contributed by atoms with Gasteiger partial charge < -0.3 is 0 Å². The van der Waals surface area contributed by atoms with Gasteiger partial charge in [-0.3, -0.25) is 0 Å². The summed E-state index contributed by atoms with van der Waals surface area (Å²) in [4.78, 5) is 0. The second-order valence-corrected chi connectivity index (χ2v) is 16.9. The van der Waals surface area contributed by atoms with E-state index in [0.717, 1.165) is 0 Å². The molecule has 5 heavy (non-hydrogen) atoms. The Hall–Kier alpha value is 2.89. The van der Waals surface area contributed by atoms with Crippen LogP contribution in [0.4, 0.5) is 0 Å². The van der Waals surface area contributed by atoms with Gasteiger partial charge >= 0.3 is 50.8 Å². The zero-order chi connectivity index (χ0) is 3.58. The SMILES string of the molecule is [Br][Fe]([Br])[Br].[Hg]. The average molecular weight is 496 g/mol. The molecule has 0 amide bonds. The summed E-state index contributed by atoms with van der Waals surface area (Å²) in [6, 6.07) is 0. The Morgan fingerprint density at radius 1 is 1.00 bits per heavy atom. The minimum atomic E-state index is -0.312. The minimum Gasteiger partial charge on any atom is 0 e. The predicted molar refractivity (Wildman–Crippen MR) is 26.8 cm³/mol. The van der Waals surface area contributed by atoms with Gasteiger partial charge in [-0.15, -0.1) is 0 Å². The molecule has 0 aromatic rings. The van der Waals surface area contributed by atoms with E-state index in [1.165, 1.54) is 0 Å².